The van der Waals surface area contributed by atoms with Gasteiger partial charge in [0.25, 0.3) is 5.69 Å². The average molecular weight is 478 g/mol. The van der Waals surface area contributed by atoms with Gasteiger partial charge >= 0.3 is 0 Å². The summed E-state index contributed by atoms with van der Waals surface area (Å²) in [6.45, 7) is 0. The van der Waals surface area contributed by atoms with Gasteiger partial charge in [-0.1, -0.05) is 60.7 Å². The van der Waals surface area contributed by atoms with E-state index in [4.69, 9.17) is 4.98 Å². The van der Waals surface area contributed by atoms with Crippen molar-refractivity contribution in [2.45, 2.75) is 0 Å². The fourth-order valence-electron chi connectivity index (χ4n) is 3.47. The summed E-state index contributed by atoms with van der Waals surface area (Å²) in [6.07, 6.45) is 0. The van der Waals surface area contributed by atoms with Gasteiger partial charge in [-0.2, -0.15) is 0 Å². The highest BCUT2D eigenvalue weighted by atomic mass is 79.9. The topological polar surface area (TPSA) is 60.4 Å². The van der Waals surface area contributed by atoms with E-state index in [1.807, 2.05) is 41.8 Å². The maximum atomic E-state index is 11.0. The fraction of sp³-hybridized carbons (Fsp3) is 0. The predicted octanol–water partition coefficient (Wildman–Crippen LogP) is 6.88. The van der Waals surface area contributed by atoms with Crippen LogP contribution in [0.15, 0.2) is 90.3 Å². The molecule has 3 aromatic carbocycles. The third-order valence-corrected chi connectivity index (χ3v) is 5.66. The fourth-order valence-corrected chi connectivity index (χ4v) is 4.37. The molecule has 5 aromatic rings. The van der Waals surface area contributed by atoms with Crippen LogP contribution >= 0.6 is 28.3 Å². The Morgan fingerprint density at radius 1 is 0.800 bits per heavy atom. The number of aromatic nitrogens is 2. The summed E-state index contributed by atoms with van der Waals surface area (Å²) in [4.78, 5) is 16.4. The summed E-state index contributed by atoms with van der Waals surface area (Å²) in [6, 6.07) is 27.0. The van der Waals surface area contributed by atoms with Crippen molar-refractivity contribution in [3.63, 3.8) is 0 Å². The molecular weight excluding hydrogens is 462 g/mol. The Labute approximate surface area is 187 Å². The number of fused-ring (bicyclic) bond motifs is 1. The minimum Gasteiger partial charge on any atom is -0.282 e. The first-order valence-electron chi connectivity index (χ1n) is 9.08. The van der Waals surface area contributed by atoms with E-state index in [9.17, 15) is 10.1 Å². The van der Waals surface area contributed by atoms with E-state index in [1.54, 1.807) is 23.5 Å². The van der Waals surface area contributed by atoms with Crippen LogP contribution in [0.25, 0.3) is 38.7 Å². The first kappa shape index (κ1) is 20.0. The summed E-state index contributed by atoms with van der Waals surface area (Å²) in [5.41, 5.74) is 6.02. The van der Waals surface area contributed by atoms with E-state index in [1.165, 1.54) is 12.1 Å². The van der Waals surface area contributed by atoms with Crippen molar-refractivity contribution in [2.24, 2.45) is 0 Å². The van der Waals surface area contributed by atoms with E-state index >= 15 is 0 Å². The molecule has 0 aliphatic heterocycles. The van der Waals surface area contributed by atoms with E-state index < -0.39 is 0 Å². The first-order valence-corrected chi connectivity index (χ1v) is 9.96. The highest BCUT2D eigenvalue weighted by Gasteiger charge is 2.20. The standard InChI is InChI=1S/C23H15N3O2S.BrH/c27-26(28)19-13-11-16(12-14-19)20-15-29-23-24-21(17-7-3-1-4-8-17)22(25(20)23)18-9-5-2-6-10-18;/h1-15H;1H. The summed E-state index contributed by atoms with van der Waals surface area (Å²) in [7, 11) is 0. The third-order valence-electron chi connectivity index (χ3n) is 4.83. The van der Waals surface area contributed by atoms with Gasteiger partial charge < -0.3 is 0 Å². The number of rotatable bonds is 4. The summed E-state index contributed by atoms with van der Waals surface area (Å²) < 4.78 is 2.14. The van der Waals surface area contributed by atoms with Crippen LogP contribution < -0.4 is 0 Å². The zero-order valence-corrected chi connectivity index (χ0v) is 18.2. The highest BCUT2D eigenvalue weighted by molar-refractivity contribution is 8.93. The van der Waals surface area contributed by atoms with Crippen molar-refractivity contribution >= 4 is 39.0 Å². The minimum absolute atomic E-state index is 0. The van der Waals surface area contributed by atoms with Crippen LogP contribution in [0.5, 0.6) is 0 Å². The van der Waals surface area contributed by atoms with Crippen molar-refractivity contribution < 1.29 is 4.92 Å². The van der Waals surface area contributed by atoms with Crippen molar-refractivity contribution in [1.29, 1.82) is 0 Å². The molecule has 0 saturated carbocycles. The molecule has 0 aliphatic carbocycles. The number of thiazole rings is 1. The monoisotopic (exact) mass is 477 g/mol. The lowest BCUT2D eigenvalue weighted by Gasteiger charge is -2.08. The number of nitrogens with zero attached hydrogens (tertiary/aromatic N) is 3. The molecular formula is C23H16BrN3O2S. The molecule has 0 unspecified atom stereocenters. The molecule has 0 atom stereocenters. The van der Waals surface area contributed by atoms with E-state index in [-0.39, 0.29) is 27.6 Å². The smallest absolute Gasteiger partial charge is 0.269 e. The Bertz CT molecular complexity index is 1310. The lowest BCUT2D eigenvalue weighted by Crippen LogP contribution is -1.92. The zero-order valence-electron chi connectivity index (χ0n) is 15.6. The summed E-state index contributed by atoms with van der Waals surface area (Å²) in [5.74, 6) is 0. The normalized spacial score (nSPS) is 10.7. The predicted molar refractivity (Wildman–Crippen MR) is 126 cm³/mol. The van der Waals surface area contributed by atoms with E-state index in [2.05, 4.69) is 28.7 Å². The minimum atomic E-state index is -0.382. The lowest BCUT2D eigenvalue weighted by molar-refractivity contribution is -0.384. The molecule has 0 fully saturated rings. The molecule has 0 spiro atoms. The van der Waals surface area contributed by atoms with Gasteiger partial charge in [-0.3, -0.25) is 14.5 Å². The largest absolute Gasteiger partial charge is 0.282 e. The number of imidazole rings is 1. The van der Waals surface area contributed by atoms with Gasteiger partial charge in [0.05, 0.1) is 22.0 Å². The second-order valence-corrected chi connectivity index (χ2v) is 7.42. The number of hydrogen-bond donors (Lipinski definition) is 0. The molecule has 0 radical (unpaired) electrons. The quantitative estimate of drug-likeness (QED) is 0.209. The number of benzene rings is 3. The van der Waals surface area contributed by atoms with Crippen LogP contribution in [0.3, 0.4) is 0 Å². The Balaban J connectivity index is 0.00000218. The third kappa shape index (κ3) is 3.42. The highest BCUT2D eigenvalue weighted by Crippen LogP contribution is 2.38. The summed E-state index contributed by atoms with van der Waals surface area (Å²) >= 11 is 1.56. The van der Waals surface area contributed by atoms with Gasteiger partial charge in [0.1, 0.15) is 0 Å². The maximum Gasteiger partial charge on any atom is 0.269 e. The number of halogens is 1. The van der Waals surface area contributed by atoms with Gasteiger partial charge in [0, 0.05) is 28.6 Å². The number of hydrogen-bond acceptors (Lipinski definition) is 4. The molecule has 148 valence electrons. The van der Waals surface area contributed by atoms with Gasteiger partial charge in [-0.05, 0) is 17.7 Å². The number of nitro groups is 1. The molecule has 0 bridgehead atoms. The number of non-ortho nitro benzene ring substituents is 1. The van der Waals surface area contributed by atoms with E-state index in [0.29, 0.717) is 0 Å². The average Bonchev–Trinajstić information content (AvgIpc) is 3.34. The van der Waals surface area contributed by atoms with Crippen LogP contribution in [-0.4, -0.2) is 14.3 Å². The molecule has 0 aliphatic rings. The second-order valence-electron chi connectivity index (χ2n) is 6.58. The van der Waals surface area contributed by atoms with Gasteiger partial charge in [-0.15, -0.1) is 28.3 Å². The van der Waals surface area contributed by atoms with Gasteiger partial charge in [-0.25, -0.2) is 4.98 Å². The maximum absolute atomic E-state index is 11.0. The molecule has 2 aromatic heterocycles. The SMILES string of the molecule is Br.O=[N+]([O-])c1ccc(-c2csc3nc(-c4ccccc4)c(-c4ccccc4)n23)cc1. The van der Waals surface area contributed by atoms with Crippen molar-refractivity contribution in [2.75, 3.05) is 0 Å². The number of nitro benzene ring substituents is 1. The molecule has 5 nitrogen and oxygen atoms in total. The van der Waals surface area contributed by atoms with Crippen LogP contribution in [-0.2, 0) is 0 Å². The Morgan fingerprint density at radius 3 is 2.00 bits per heavy atom. The second kappa shape index (κ2) is 8.22. The van der Waals surface area contributed by atoms with Gasteiger partial charge in [0.15, 0.2) is 4.96 Å². The molecule has 30 heavy (non-hydrogen) atoms. The molecule has 5 rings (SSSR count). The molecule has 0 N–H and O–H groups in total. The lowest BCUT2D eigenvalue weighted by atomic mass is 10.0. The Kier molecular flexibility index (Phi) is 5.48. The molecule has 0 saturated heterocycles. The zero-order chi connectivity index (χ0) is 19.8. The Morgan fingerprint density at radius 2 is 1.40 bits per heavy atom. The van der Waals surface area contributed by atoms with Crippen LogP contribution in [0.1, 0.15) is 0 Å². The van der Waals surface area contributed by atoms with Crippen molar-refractivity contribution in [3.05, 3.63) is 100 Å². The van der Waals surface area contributed by atoms with Crippen LogP contribution in [0, 0.1) is 10.1 Å². The van der Waals surface area contributed by atoms with Crippen molar-refractivity contribution in [1.82, 2.24) is 9.38 Å². The van der Waals surface area contributed by atoms with Gasteiger partial charge in [0.2, 0.25) is 0 Å². The summed E-state index contributed by atoms with van der Waals surface area (Å²) in [5, 5.41) is 13.0. The molecule has 2 heterocycles. The van der Waals surface area contributed by atoms with Crippen LogP contribution in [0.2, 0.25) is 0 Å². The first-order chi connectivity index (χ1) is 14.2. The molecule has 0 amide bonds. The van der Waals surface area contributed by atoms with E-state index in [0.717, 1.165) is 38.7 Å². The molecule has 7 heteroatoms. The van der Waals surface area contributed by atoms with Crippen LogP contribution in [0.4, 0.5) is 5.69 Å². The Hall–Kier alpha value is -3.29. The van der Waals surface area contributed by atoms with Crippen molar-refractivity contribution in [3.8, 4) is 33.8 Å².